The molecule has 0 saturated carbocycles. The molecule has 2 fully saturated rings. The summed E-state index contributed by atoms with van der Waals surface area (Å²) in [7, 11) is 3.14. The molecule has 0 bridgehead atoms. The maximum atomic E-state index is 12.3. The van der Waals surface area contributed by atoms with E-state index in [1.54, 1.807) is 28.5 Å². The third-order valence-corrected chi connectivity index (χ3v) is 8.10. The normalized spacial score (nSPS) is 30.9. The molecule has 12 heteroatoms. The summed E-state index contributed by atoms with van der Waals surface area (Å²) in [5.41, 5.74) is 0. The number of carbonyl (C=O) groups is 4. The topological polar surface area (TPSA) is 153 Å². The van der Waals surface area contributed by atoms with E-state index >= 15 is 0 Å². The van der Waals surface area contributed by atoms with E-state index in [2.05, 4.69) is 5.32 Å². The number of ether oxygens (including phenoxy) is 1. The Hall–Kier alpha value is -1.34. The molecule has 2 aliphatic heterocycles. The summed E-state index contributed by atoms with van der Waals surface area (Å²) in [4.78, 5) is 47.6. The van der Waals surface area contributed by atoms with Crippen LogP contribution in [0.15, 0.2) is 0 Å². The molecule has 2 amide bonds. The Bertz CT molecular complexity index is 699. The molecular formula is C18H28N2O8S2. The summed E-state index contributed by atoms with van der Waals surface area (Å²) in [6.45, 7) is 3.22. The third-order valence-electron chi connectivity index (χ3n) is 5.10. The summed E-state index contributed by atoms with van der Waals surface area (Å²) in [5, 5.41) is 32.7. The van der Waals surface area contributed by atoms with E-state index in [1.165, 1.54) is 0 Å². The molecule has 0 aromatic heterocycles. The average Bonchev–Trinajstić information content (AvgIpc) is 3.02. The van der Waals surface area contributed by atoms with Gasteiger partial charge in [0.05, 0.1) is 12.0 Å². The quantitative estimate of drug-likeness (QED) is 0.0986. The maximum absolute atomic E-state index is 12.3. The molecule has 2 saturated heterocycles. The largest absolute Gasteiger partial charge is 0.463 e. The fourth-order valence-electron chi connectivity index (χ4n) is 3.20. The fourth-order valence-corrected chi connectivity index (χ4v) is 5.76. The Balaban J connectivity index is 1.79. The first kappa shape index (κ1) is 23.3. The van der Waals surface area contributed by atoms with Crippen molar-refractivity contribution in [2.75, 3.05) is 12.4 Å². The zero-order valence-electron chi connectivity index (χ0n) is 17.7. The number of esters is 1. The number of aliphatic hydroxyl groups excluding tert-OH is 3. The van der Waals surface area contributed by atoms with E-state index in [0.717, 1.165) is 4.90 Å². The second kappa shape index (κ2) is 11.3. The number of nitrogens with one attached hydrogen (secondary N) is 1. The molecule has 10 nitrogen and oxygen atoms in total. The summed E-state index contributed by atoms with van der Waals surface area (Å²) in [6.07, 6.45) is -5.19. The number of nitrogens with zero attached hydrogens (tertiary/aromatic N) is 1. The number of hydrogen-bond donors (Lipinski definition) is 4. The minimum absolute atomic E-state index is 0.207. The molecule has 7 atom stereocenters. The van der Waals surface area contributed by atoms with Crippen LogP contribution in [0.5, 0.6) is 0 Å². The first-order valence-corrected chi connectivity index (χ1v) is 12.0. The van der Waals surface area contributed by atoms with Crippen molar-refractivity contribution < 1.29 is 40.6 Å². The van der Waals surface area contributed by atoms with Crippen molar-refractivity contribution in [1.29, 1.82) is 0 Å². The zero-order chi connectivity index (χ0) is 23.3. The van der Waals surface area contributed by atoms with E-state index in [-0.39, 0.29) is 11.7 Å². The summed E-state index contributed by atoms with van der Waals surface area (Å²) < 4.78 is 12.1. The lowest BCUT2D eigenvalue weighted by Gasteiger charge is -2.44. The lowest BCUT2D eigenvalue weighted by molar-refractivity contribution is -0.182. The Kier molecular flexibility index (Phi) is 8.81. The minimum Gasteiger partial charge on any atom is -0.463 e. The monoisotopic (exact) mass is 466 g/mol. The number of aliphatic hydroxyl groups is 3. The second-order valence-corrected chi connectivity index (χ2v) is 10.3. The van der Waals surface area contributed by atoms with E-state index in [4.69, 9.17) is 6.11 Å². The first-order valence-electron chi connectivity index (χ1n) is 10.2. The third kappa shape index (κ3) is 5.88. The Morgan fingerprint density at radius 1 is 1.27 bits per heavy atom. The first-order chi connectivity index (χ1) is 14.5. The summed E-state index contributed by atoms with van der Waals surface area (Å²) >= 11 is 0. The number of hydrogen-bond acceptors (Lipinski definition) is 10. The molecule has 170 valence electrons. The zero-order valence-corrected chi connectivity index (χ0v) is 18.4. The molecule has 2 rings (SSSR count). The van der Waals surface area contributed by atoms with Gasteiger partial charge in [-0.1, -0.05) is 35.4 Å². The van der Waals surface area contributed by atoms with Crippen LogP contribution in [-0.2, 0) is 23.9 Å². The average molecular weight is 467 g/mol. The van der Waals surface area contributed by atoms with Crippen molar-refractivity contribution in [3.05, 3.63) is 0 Å². The number of rotatable bonds is 11. The molecule has 2 unspecified atom stereocenters. The van der Waals surface area contributed by atoms with Gasteiger partial charge in [-0.3, -0.25) is 14.4 Å². The van der Waals surface area contributed by atoms with Crippen molar-refractivity contribution in [2.24, 2.45) is 5.92 Å². The van der Waals surface area contributed by atoms with Crippen LogP contribution >= 0.6 is 21.6 Å². The minimum atomic E-state index is -1.62. The van der Waals surface area contributed by atoms with Gasteiger partial charge in [-0.05, 0) is 12.8 Å². The van der Waals surface area contributed by atoms with Crippen LogP contribution in [0.25, 0.3) is 0 Å². The molecule has 0 aliphatic carbocycles. The standard InChI is InChI=1S/C18H28N2O8S2/c1-9(5-7-29-30-10(2)4-3-6-21)18(27)28-8-11-12(22)13(23)14(24)15-19-16(25)17(26)20(11)15/h6,9-15,22-24H,3-5,7-8H2,1-2H3,(H,19,25)/t9?,10?,11-,12-,13+,14+,15+/m1/s1/i6T. The number of amides is 2. The van der Waals surface area contributed by atoms with Gasteiger partial charge in [0.1, 0.15) is 38.7 Å². The Morgan fingerprint density at radius 3 is 2.63 bits per heavy atom. The van der Waals surface area contributed by atoms with E-state index < -0.39 is 67.1 Å². The second-order valence-electron chi connectivity index (χ2n) is 7.40. The predicted octanol–water partition coefficient (Wildman–Crippen LogP) is -0.946. The number of aldehydes is 1. The highest BCUT2D eigenvalue weighted by atomic mass is 33.1. The Morgan fingerprint density at radius 2 is 1.97 bits per heavy atom. The van der Waals surface area contributed by atoms with Crippen LogP contribution in [0.1, 0.15) is 34.5 Å². The van der Waals surface area contributed by atoms with Crippen LogP contribution in [0, 0.1) is 5.92 Å². The molecule has 0 aromatic carbocycles. The van der Waals surface area contributed by atoms with Crippen molar-refractivity contribution in [1.82, 2.24) is 10.2 Å². The van der Waals surface area contributed by atoms with Gasteiger partial charge < -0.3 is 35.1 Å². The van der Waals surface area contributed by atoms with Crippen LogP contribution in [-0.4, -0.2) is 92.4 Å². The van der Waals surface area contributed by atoms with Gasteiger partial charge in [0, 0.05) is 17.4 Å². The lowest BCUT2D eigenvalue weighted by Crippen LogP contribution is -2.68. The van der Waals surface area contributed by atoms with Gasteiger partial charge in [-0.2, -0.15) is 0 Å². The smallest absolute Gasteiger partial charge is 0.314 e. The summed E-state index contributed by atoms with van der Waals surface area (Å²) in [6, 6.07) is -1.17. The van der Waals surface area contributed by atoms with Crippen molar-refractivity contribution in [3.8, 4) is 0 Å². The van der Waals surface area contributed by atoms with Gasteiger partial charge in [0.2, 0.25) is 0 Å². The van der Waals surface area contributed by atoms with Crippen LogP contribution in [0.2, 0.25) is 0 Å². The fraction of sp³-hybridized carbons (Fsp3) is 0.778. The van der Waals surface area contributed by atoms with E-state index in [9.17, 15) is 34.5 Å². The van der Waals surface area contributed by atoms with Gasteiger partial charge >= 0.3 is 17.8 Å². The number of carbonyl (C=O) groups excluding carboxylic acids is 4. The van der Waals surface area contributed by atoms with Crippen LogP contribution in [0.4, 0.5) is 0 Å². The molecular weight excluding hydrogens is 436 g/mol. The van der Waals surface area contributed by atoms with Gasteiger partial charge in [-0.25, -0.2) is 0 Å². The van der Waals surface area contributed by atoms with Crippen molar-refractivity contribution in [3.63, 3.8) is 0 Å². The van der Waals surface area contributed by atoms with Gasteiger partial charge in [-0.15, -0.1) is 0 Å². The highest BCUT2D eigenvalue weighted by Crippen LogP contribution is 2.31. The van der Waals surface area contributed by atoms with Gasteiger partial charge in [0.25, 0.3) is 0 Å². The molecule has 0 aromatic rings. The lowest BCUT2D eigenvalue weighted by atomic mass is 9.92. The van der Waals surface area contributed by atoms with Crippen LogP contribution in [0.3, 0.4) is 0 Å². The molecule has 4 N–H and O–H groups in total. The van der Waals surface area contributed by atoms with Crippen LogP contribution < -0.4 is 5.32 Å². The highest BCUT2D eigenvalue weighted by molar-refractivity contribution is 8.76. The van der Waals surface area contributed by atoms with E-state index in [1.807, 2.05) is 6.92 Å². The number of fused-ring (bicyclic) bond motifs is 1. The SMILES string of the molecule is [3H]C(=O)CCC(C)SSCCC(C)C(=O)OC[C@@H]1[C@@H](O)[C@H](O)[C@H](O)[C@H]2NC(=O)C(=O)N12. The molecule has 2 heterocycles. The number of piperidine rings is 1. The molecule has 0 radical (unpaired) electrons. The molecule has 0 spiro atoms. The van der Waals surface area contributed by atoms with E-state index in [0.29, 0.717) is 18.6 Å². The highest BCUT2D eigenvalue weighted by Gasteiger charge is 2.55. The summed E-state index contributed by atoms with van der Waals surface area (Å²) in [5.74, 6) is -2.29. The molecule has 2 aliphatic rings. The maximum Gasteiger partial charge on any atom is 0.314 e. The van der Waals surface area contributed by atoms with Crippen molar-refractivity contribution in [2.45, 2.75) is 68.9 Å². The van der Waals surface area contributed by atoms with Crippen molar-refractivity contribution >= 4 is 45.6 Å². The molecule has 30 heavy (non-hydrogen) atoms. The van der Waals surface area contributed by atoms with Gasteiger partial charge in [0.15, 0.2) is 0 Å². The Labute approximate surface area is 183 Å². The predicted molar refractivity (Wildman–Crippen MR) is 110 cm³/mol.